The molecule has 7 heteroatoms. The summed E-state index contributed by atoms with van der Waals surface area (Å²) in [5.41, 5.74) is -0.185. The van der Waals surface area contributed by atoms with Crippen LogP contribution in [0.25, 0.3) is 0 Å². The van der Waals surface area contributed by atoms with E-state index >= 15 is 0 Å². The predicted octanol–water partition coefficient (Wildman–Crippen LogP) is 0.786. The van der Waals surface area contributed by atoms with E-state index in [0.29, 0.717) is 11.3 Å². The van der Waals surface area contributed by atoms with Gasteiger partial charge in [0.25, 0.3) is 11.8 Å². The Labute approximate surface area is 150 Å². The monoisotopic (exact) mass is 350 g/mol. The molecule has 1 fully saturated rings. The number of carbonyl (C=O) groups is 2. The summed E-state index contributed by atoms with van der Waals surface area (Å²) in [5.74, 6) is -1.27. The molecule has 2 atom stereocenters. The summed E-state index contributed by atoms with van der Waals surface area (Å²) in [6, 6.07) is 15.2. The van der Waals surface area contributed by atoms with Crippen LogP contribution in [0.3, 0.4) is 0 Å². The van der Waals surface area contributed by atoms with Gasteiger partial charge in [-0.05, 0) is 11.6 Å². The van der Waals surface area contributed by atoms with E-state index < -0.39 is 23.5 Å². The number of guanidine groups is 1. The number of para-hydroxylation sites is 1. The number of rotatable bonds is 3. The minimum Gasteiger partial charge on any atom is -0.373 e. The molecule has 0 spiro atoms. The van der Waals surface area contributed by atoms with Gasteiger partial charge in [-0.25, -0.2) is 0 Å². The van der Waals surface area contributed by atoms with Crippen molar-refractivity contribution < 1.29 is 14.7 Å². The predicted molar refractivity (Wildman–Crippen MR) is 95.4 cm³/mol. The van der Waals surface area contributed by atoms with E-state index in [2.05, 4.69) is 5.32 Å². The van der Waals surface area contributed by atoms with Crippen LogP contribution in [0.4, 0.5) is 5.69 Å². The number of hydrogen-bond acceptors (Lipinski definition) is 4. The SMILES string of the molecule is CN1C(=N)NC(=O)[C@H]1[C@@]1(O)C(=O)N(Cc2ccccc2)c2ccccc21. The molecule has 0 radical (unpaired) electrons. The molecule has 1 saturated heterocycles. The molecular formula is C19H18N4O3. The van der Waals surface area contributed by atoms with Crippen molar-refractivity contribution in [2.45, 2.75) is 18.2 Å². The summed E-state index contributed by atoms with van der Waals surface area (Å²) in [7, 11) is 1.51. The lowest BCUT2D eigenvalue weighted by Gasteiger charge is -2.31. The quantitative estimate of drug-likeness (QED) is 0.762. The Hall–Kier alpha value is -3.19. The molecule has 0 aromatic heterocycles. The average Bonchev–Trinajstić information content (AvgIpc) is 3.02. The second-order valence-electron chi connectivity index (χ2n) is 6.51. The number of hydrogen-bond donors (Lipinski definition) is 3. The second kappa shape index (κ2) is 5.67. The van der Waals surface area contributed by atoms with Gasteiger partial charge in [-0.15, -0.1) is 0 Å². The van der Waals surface area contributed by atoms with Gasteiger partial charge in [-0.3, -0.25) is 20.3 Å². The van der Waals surface area contributed by atoms with Gasteiger partial charge in [-0.2, -0.15) is 0 Å². The van der Waals surface area contributed by atoms with Crippen LogP contribution in [-0.4, -0.2) is 40.9 Å². The van der Waals surface area contributed by atoms with E-state index in [1.54, 1.807) is 24.3 Å². The number of likely N-dealkylation sites (N-methyl/N-ethyl adjacent to an activating group) is 1. The maximum absolute atomic E-state index is 13.3. The zero-order valence-electron chi connectivity index (χ0n) is 14.1. The zero-order valence-corrected chi connectivity index (χ0v) is 14.1. The Bertz CT molecular complexity index is 914. The number of aliphatic hydroxyl groups is 1. The fraction of sp³-hybridized carbons (Fsp3) is 0.211. The lowest BCUT2D eigenvalue weighted by Crippen LogP contribution is -2.55. The van der Waals surface area contributed by atoms with Crippen LogP contribution in [-0.2, 0) is 21.7 Å². The van der Waals surface area contributed by atoms with Crippen LogP contribution in [0.15, 0.2) is 54.6 Å². The van der Waals surface area contributed by atoms with Crippen LogP contribution in [0.5, 0.6) is 0 Å². The van der Waals surface area contributed by atoms with E-state index in [4.69, 9.17) is 5.41 Å². The fourth-order valence-electron chi connectivity index (χ4n) is 3.70. The number of nitrogens with one attached hydrogen (secondary N) is 2. The van der Waals surface area contributed by atoms with Crippen LogP contribution < -0.4 is 10.2 Å². The average molecular weight is 350 g/mol. The molecular weight excluding hydrogens is 332 g/mol. The molecule has 7 nitrogen and oxygen atoms in total. The van der Waals surface area contributed by atoms with E-state index in [1.165, 1.54) is 16.8 Å². The number of benzene rings is 2. The van der Waals surface area contributed by atoms with Crippen molar-refractivity contribution in [1.82, 2.24) is 10.2 Å². The van der Waals surface area contributed by atoms with Crippen molar-refractivity contribution in [3.05, 3.63) is 65.7 Å². The van der Waals surface area contributed by atoms with Gasteiger partial charge in [0.15, 0.2) is 12.0 Å². The highest BCUT2D eigenvalue weighted by molar-refractivity contribution is 6.14. The second-order valence-corrected chi connectivity index (χ2v) is 6.51. The third kappa shape index (κ3) is 2.14. The van der Waals surface area contributed by atoms with Gasteiger partial charge in [0.2, 0.25) is 5.60 Å². The Balaban J connectivity index is 1.81. The molecule has 2 aliphatic rings. The van der Waals surface area contributed by atoms with Crippen LogP contribution in [0, 0.1) is 5.41 Å². The molecule has 2 heterocycles. The van der Waals surface area contributed by atoms with Crippen LogP contribution in [0.2, 0.25) is 0 Å². The van der Waals surface area contributed by atoms with E-state index in [0.717, 1.165) is 5.56 Å². The van der Waals surface area contributed by atoms with Gasteiger partial charge in [-0.1, -0.05) is 48.5 Å². The highest BCUT2D eigenvalue weighted by Crippen LogP contribution is 2.44. The van der Waals surface area contributed by atoms with Crippen molar-refractivity contribution in [3.63, 3.8) is 0 Å². The molecule has 132 valence electrons. The number of nitrogens with zero attached hydrogens (tertiary/aromatic N) is 2. The first-order valence-electron chi connectivity index (χ1n) is 8.24. The third-order valence-corrected chi connectivity index (χ3v) is 4.99. The van der Waals surface area contributed by atoms with Gasteiger partial charge in [0.05, 0.1) is 12.2 Å². The van der Waals surface area contributed by atoms with Crippen LogP contribution in [0.1, 0.15) is 11.1 Å². The smallest absolute Gasteiger partial charge is 0.266 e. The molecule has 0 aliphatic carbocycles. The number of amides is 2. The first-order valence-corrected chi connectivity index (χ1v) is 8.24. The largest absolute Gasteiger partial charge is 0.373 e. The van der Waals surface area contributed by atoms with Gasteiger partial charge in [0.1, 0.15) is 0 Å². The van der Waals surface area contributed by atoms with Crippen molar-refractivity contribution in [2.75, 3.05) is 11.9 Å². The molecule has 2 aromatic carbocycles. The maximum atomic E-state index is 13.3. The molecule has 2 aliphatic heterocycles. The number of fused-ring (bicyclic) bond motifs is 1. The van der Waals surface area contributed by atoms with E-state index in [1.807, 2.05) is 30.3 Å². The zero-order chi connectivity index (χ0) is 18.5. The van der Waals surface area contributed by atoms with Crippen molar-refractivity contribution in [2.24, 2.45) is 0 Å². The van der Waals surface area contributed by atoms with Gasteiger partial charge in [0, 0.05) is 12.6 Å². The minimum atomic E-state index is -2.05. The first kappa shape index (κ1) is 16.3. The molecule has 2 amide bonds. The first-order chi connectivity index (χ1) is 12.4. The van der Waals surface area contributed by atoms with E-state index in [9.17, 15) is 14.7 Å². The Kier molecular flexibility index (Phi) is 3.55. The summed E-state index contributed by atoms with van der Waals surface area (Å²) < 4.78 is 0. The van der Waals surface area contributed by atoms with Crippen molar-refractivity contribution >= 4 is 23.5 Å². The van der Waals surface area contributed by atoms with Crippen LogP contribution >= 0.6 is 0 Å². The Morgan fingerprint density at radius 1 is 1.12 bits per heavy atom. The number of carbonyl (C=O) groups excluding carboxylic acids is 2. The van der Waals surface area contributed by atoms with Gasteiger partial charge < -0.3 is 14.9 Å². The summed E-state index contributed by atoms with van der Waals surface area (Å²) in [6.45, 7) is 0.286. The summed E-state index contributed by atoms with van der Waals surface area (Å²) >= 11 is 0. The minimum absolute atomic E-state index is 0.139. The summed E-state index contributed by atoms with van der Waals surface area (Å²) in [4.78, 5) is 28.4. The highest BCUT2D eigenvalue weighted by atomic mass is 16.3. The highest BCUT2D eigenvalue weighted by Gasteiger charge is 2.60. The fourth-order valence-corrected chi connectivity index (χ4v) is 3.70. The van der Waals surface area contributed by atoms with Crippen molar-refractivity contribution in [1.29, 1.82) is 5.41 Å². The normalized spacial score (nSPS) is 24.8. The lowest BCUT2D eigenvalue weighted by atomic mass is 9.87. The molecule has 26 heavy (non-hydrogen) atoms. The topological polar surface area (TPSA) is 96.7 Å². The Morgan fingerprint density at radius 2 is 1.77 bits per heavy atom. The molecule has 0 unspecified atom stereocenters. The third-order valence-electron chi connectivity index (χ3n) is 4.99. The summed E-state index contributed by atoms with van der Waals surface area (Å²) in [6.07, 6.45) is 0. The molecule has 2 aromatic rings. The molecule has 0 bridgehead atoms. The molecule has 0 saturated carbocycles. The standard InChI is InChI=1S/C19H18N4O3/c1-22-15(16(24)21-18(22)20)19(26)13-9-5-6-10-14(13)23(17(19)25)11-12-7-3-2-4-8-12/h2-10,15,26H,11H2,1H3,(H2,20,21,24)/t15-,19+/m0/s1. The number of anilines is 1. The molecule has 4 rings (SSSR count). The van der Waals surface area contributed by atoms with Gasteiger partial charge >= 0.3 is 0 Å². The maximum Gasteiger partial charge on any atom is 0.266 e. The van der Waals surface area contributed by atoms with E-state index in [-0.39, 0.29) is 12.5 Å². The molecule has 3 N–H and O–H groups in total. The van der Waals surface area contributed by atoms with Crippen molar-refractivity contribution in [3.8, 4) is 0 Å². The Morgan fingerprint density at radius 3 is 2.42 bits per heavy atom. The lowest BCUT2D eigenvalue weighted by molar-refractivity contribution is -0.148. The summed E-state index contributed by atoms with van der Waals surface area (Å²) in [5, 5.41) is 21.6.